The van der Waals surface area contributed by atoms with Crippen LogP contribution in [0.1, 0.15) is 46.5 Å². The minimum absolute atomic E-state index is 0.706. The second-order valence-electron chi connectivity index (χ2n) is 5.43. The Morgan fingerprint density at radius 3 is 2.67 bits per heavy atom. The third-order valence-corrected chi connectivity index (χ3v) is 3.60. The zero-order valence-electron chi connectivity index (χ0n) is 10.7. The van der Waals surface area contributed by atoms with Gasteiger partial charge in [0.05, 0.1) is 0 Å². The highest BCUT2D eigenvalue weighted by Gasteiger charge is 2.24. The summed E-state index contributed by atoms with van der Waals surface area (Å²) in [6, 6.07) is 0.839. The molecule has 15 heavy (non-hydrogen) atoms. The third kappa shape index (κ3) is 4.12. The number of hydrogen-bond donors (Lipinski definition) is 1. The summed E-state index contributed by atoms with van der Waals surface area (Å²) in [5.74, 6) is 1.48. The van der Waals surface area contributed by atoms with Crippen LogP contribution in [-0.2, 0) is 0 Å². The van der Waals surface area contributed by atoms with Gasteiger partial charge < -0.3 is 10.6 Å². The lowest BCUT2D eigenvalue weighted by Gasteiger charge is -2.28. The number of rotatable bonds is 6. The molecule has 1 aliphatic heterocycles. The van der Waals surface area contributed by atoms with Gasteiger partial charge in [-0.25, -0.2) is 0 Å². The molecule has 0 aliphatic carbocycles. The van der Waals surface area contributed by atoms with Crippen molar-refractivity contribution in [2.45, 2.75) is 52.5 Å². The predicted molar refractivity (Wildman–Crippen MR) is 66.9 cm³/mol. The van der Waals surface area contributed by atoms with E-state index in [0.29, 0.717) is 5.92 Å². The third-order valence-electron chi connectivity index (χ3n) is 3.60. The van der Waals surface area contributed by atoms with E-state index in [0.717, 1.165) is 18.5 Å². The van der Waals surface area contributed by atoms with Gasteiger partial charge in [-0.2, -0.15) is 0 Å². The lowest BCUT2D eigenvalue weighted by molar-refractivity contribution is 0.199. The molecule has 0 radical (unpaired) electrons. The van der Waals surface area contributed by atoms with Crippen LogP contribution in [0, 0.1) is 11.8 Å². The fourth-order valence-electron chi connectivity index (χ4n) is 2.84. The van der Waals surface area contributed by atoms with E-state index in [2.05, 4.69) is 25.7 Å². The molecule has 0 spiro atoms. The topological polar surface area (TPSA) is 29.3 Å². The number of likely N-dealkylation sites (tertiary alicyclic amines) is 1. The Kier molecular flexibility index (Phi) is 5.62. The molecule has 0 saturated carbocycles. The SMILES string of the molecule is CCC1CCCN1CC(CN)CC(C)C. The smallest absolute Gasteiger partial charge is 0.00932 e. The largest absolute Gasteiger partial charge is 0.330 e. The van der Waals surface area contributed by atoms with Gasteiger partial charge >= 0.3 is 0 Å². The molecule has 0 aromatic rings. The van der Waals surface area contributed by atoms with Crippen LogP contribution in [0.25, 0.3) is 0 Å². The van der Waals surface area contributed by atoms with Gasteiger partial charge in [0.25, 0.3) is 0 Å². The van der Waals surface area contributed by atoms with Crippen molar-refractivity contribution in [1.82, 2.24) is 4.90 Å². The molecule has 2 N–H and O–H groups in total. The fraction of sp³-hybridized carbons (Fsp3) is 1.00. The molecule has 2 unspecified atom stereocenters. The van der Waals surface area contributed by atoms with Gasteiger partial charge in [-0.3, -0.25) is 0 Å². The van der Waals surface area contributed by atoms with E-state index in [9.17, 15) is 0 Å². The average molecular weight is 212 g/mol. The van der Waals surface area contributed by atoms with Crippen molar-refractivity contribution < 1.29 is 0 Å². The molecule has 0 amide bonds. The van der Waals surface area contributed by atoms with E-state index in [-0.39, 0.29) is 0 Å². The highest BCUT2D eigenvalue weighted by Crippen LogP contribution is 2.22. The van der Waals surface area contributed by atoms with Crippen molar-refractivity contribution in [1.29, 1.82) is 0 Å². The maximum absolute atomic E-state index is 5.86. The summed E-state index contributed by atoms with van der Waals surface area (Å²) in [6.07, 6.45) is 5.37. The first kappa shape index (κ1) is 13.0. The fourth-order valence-corrected chi connectivity index (χ4v) is 2.84. The first-order valence-corrected chi connectivity index (χ1v) is 6.61. The molecule has 1 aliphatic rings. The molecule has 0 bridgehead atoms. The van der Waals surface area contributed by atoms with Crippen molar-refractivity contribution in [3.05, 3.63) is 0 Å². The molecule has 2 nitrogen and oxygen atoms in total. The molecule has 90 valence electrons. The summed E-state index contributed by atoms with van der Waals surface area (Å²) < 4.78 is 0. The van der Waals surface area contributed by atoms with E-state index in [1.54, 1.807) is 0 Å². The Labute approximate surface area is 95.2 Å². The second kappa shape index (κ2) is 6.49. The van der Waals surface area contributed by atoms with Gasteiger partial charge in [0, 0.05) is 12.6 Å². The van der Waals surface area contributed by atoms with Gasteiger partial charge in [0.2, 0.25) is 0 Å². The Balaban J connectivity index is 2.36. The predicted octanol–water partition coefficient (Wildman–Crippen LogP) is 2.48. The Bertz CT molecular complexity index is 168. The molecule has 2 heteroatoms. The Morgan fingerprint density at radius 1 is 1.40 bits per heavy atom. The highest BCUT2D eigenvalue weighted by atomic mass is 15.2. The van der Waals surface area contributed by atoms with Gasteiger partial charge in [-0.1, -0.05) is 20.8 Å². The van der Waals surface area contributed by atoms with Crippen molar-refractivity contribution in [3.8, 4) is 0 Å². The summed E-state index contributed by atoms with van der Waals surface area (Å²) in [5, 5.41) is 0. The molecule has 0 aromatic heterocycles. The van der Waals surface area contributed by atoms with E-state index in [1.165, 1.54) is 38.8 Å². The van der Waals surface area contributed by atoms with Gasteiger partial charge in [0.15, 0.2) is 0 Å². The summed E-state index contributed by atoms with van der Waals surface area (Å²) in [7, 11) is 0. The van der Waals surface area contributed by atoms with Crippen molar-refractivity contribution in [3.63, 3.8) is 0 Å². The number of nitrogens with zero attached hydrogens (tertiary/aromatic N) is 1. The Morgan fingerprint density at radius 2 is 2.13 bits per heavy atom. The summed E-state index contributed by atoms with van der Waals surface area (Å²) in [6.45, 7) is 10.3. The van der Waals surface area contributed by atoms with Crippen LogP contribution in [0.4, 0.5) is 0 Å². The molecule has 2 atom stereocenters. The standard InChI is InChI=1S/C13H28N2/c1-4-13-6-5-7-15(13)10-12(9-14)8-11(2)3/h11-13H,4-10,14H2,1-3H3. The average Bonchev–Trinajstić information content (AvgIpc) is 2.63. The summed E-state index contributed by atoms with van der Waals surface area (Å²) >= 11 is 0. The minimum atomic E-state index is 0.706. The molecule has 1 fully saturated rings. The van der Waals surface area contributed by atoms with Crippen LogP contribution in [-0.4, -0.2) is 30.6 Å². The number of hydrogen-bond acceptors (Lipinski definition) is 2. The van der Waals surface area contributed by atoms with Crippen molar-refractivity contribution in [2.75, 3.05) is 19.6 Å². The van der Waals surface area contributed by atoms with Crippen LogP contribution < -0.4 is 5.73 Å². The highest BCUT2D eigenvalue weighted by molar-refractivity contribution is 4.80. The molecule has 1 heterocycles. The van der Waals surface area contributed by atoms with E-state index in [4.69, 9.17) is 5.73 Å². The van der Waals surface area contributed by atoms with Gasteiger partial charge in [0.1, 0.15) is 0 Å². The van der Waals surface area contributed by atoms with Crippen LogP contribution >= 0.6 is 0 Å². The van der Waals surface area contributed by atoms with Gasteiger partial charge in [-0.05, 0) is 50.6 Å². The lowest BCUT2D eigenvalue weighted by Crippen LogP contribution is -2.36. The quantitative estimate of drug-likeness (QED) is 0.733. The summed E-state index contributed by atoms with van der Waals surface area (Å²) in [5.41, 5.74) is 5.86. The maximum Gasteiger partial charge on any atom is 0.00932 e. The second-order valence-corrected chi connectivity index (χ2v) is 5.43. The van der Waals surface area contributed by atoms with Crippen LogP contribution in [0.5, 0.6) is 0 Å². The van der Waals surface area contributed by atoms with Gasteiger partial charge in [-0.15, -0.1) is 0 Å². The van der Waals surface area contributed by atoms with E-state index < -0.39 is 0 Å². The summed E-state index contributed by atoms with van der Waals surface area (Å²) in [4.78, 5) is 2.67. The van der Waals surface area contributed by atoms with Crippen molar-refractivity contribution >= 4 is 0 Å². The molecule has 0 aromatic carbocycles. The lowest BCUT2D eigenvalue weighted by atomic mass is 9.96. The molecule has 1 saturated heterocycles. The Hall–Kier alpha value is -0.0800. The zero-order chi connectivity index (χ0) is 11.3. The van der Waals surface area contributed by atoms with Crippen molar-refractivity contribution in [2.24, 2.45) is 17.6 Å². The van der Waals surface area contributed by atoms with Crippen LogP contribution in [0.3, 0.4) is 0 Å². The molecule has 1 rings (SSSR count). The number of nitrogens with two attached hydrogens (primary N) is 1. The first-order valence-electron chi connectivity index (χ1n) is 6.61. The van der Waals surface area contributed by atoms with E-state index in [1.807, 2.05) is 0 Å². The maximum atomic E-state index is 5.86. The van der Waals surface area contributed by atoms with Crippen LogP contribution in [0.15, 0.2) is 0 Å². The normalized spacial score (nSPS) is 25.0. The minimum Gasteiger partial charge on any atom is -0.330 e. The first-order chi connectivity index (χ1) is 7.17. The van der Waals surface area contributed by atoms with E-state index >= 15 is 0 Å². The monoisotopic (exact) mass is 212 g/mol. The molecular weight excluding hydrogens is 184 g/mol. The van der Waals surface area contributed by atoms with Crippen LogP contribution in [0.2, 0.25) is 0 Å². The molecular formula is C13H28N2. The zero-order valence-corrected chi connectivity index (χ0v) is 10.7.